The molecule has 0 heterocycles. The lowest BCUT2D eigenvalue weighted by Gasteiger charge is -2.11. The van der Waals surface area contributed by atoms with Crippen molar-refractivity contribution in [2.75, 3.05) is 13.7 Å². The lowest BCUT2D eigenvalue weighted by molar-refractivity contribution is -0.137. The van der Waals surface area contributed by atoms with Crippen molar-refractivity contribution in [3.05, 3.63) is 35.4 Å². The van der Waals surface area contributed by atoms with Crippen molar-refractivity contribution in [2.45, 2.75) is 25.4 Å². The molecule has 0 bridgehead atoms. The van der Waals surface area contributed by atoms with Crippen LogP contribution >= 0.6 is 0 Å². The Morgan fingerprint density at radius 2 is 1.89 bits per heavy atom. The Morgan fingerprint density at radius 3 is 2.50 bits per heavy atom. The summed E-state index contributed by atoms with van der Waals surface area (Å²) in [6, 6.07) is 4.88. The van der Waals surface area contributed by atoms with Gasteiger partial charge in [-0.15, -0.1) is 0 Å². The number of halogens is 3. The number of ether oxygens (including phenoxy) is 1. The molecule has 0 radical (unpaired) electrons. The number of unbranched alkanes of at least 4 members (excludes halogenated alkanes) is 1. The molecule has 0 amide bonds. The topological polar surface area (TPSA) is 26.3 Å². The molecule has 0 atom stereocenters. The average Bonchev–Trinajstić information content (AvgIpc) is 2.33. The summed E-state index contributed by atoms with van der Waals surface area (Å²) in [5.41, 5.74) is -1.11. The van der Waals surface area contributed by atoms with E-state index in [1.165, 1.54) is 18.2 Å². The maximum Gasteiger partial charge on any atom is 0.417 e. The molecule has 0 N–H and O–H groups in total. The van der Waals surface area contributed by atoms with E-state index in [1.807, 2.05) is 0 Å². The first-order chi connectivity index (χ1) is 8.46. The van der Waals surface area contributed by atoms with Gasteiger partial charge >= 0.3 is 6.18 Å². The number of hydrogen-bond acceptors (Lipinski definition) is 2. The summed E-state index contributed by atoms with van der Waals surface area (Å²) in [5, 5.41) is 0. The van der Waals surface area contributed by atoms with Crippen molar-refractivity contribution in [1.82, 2.24) is 0 Å². The van der Waals surface area contributed by atoms with Gasteiger partial charge in [-0.2, -0.15) is 13.2 Å². The van der Waals surface area contributed by atoms with Crippen LogP contribution in [0.3, 0.4) is 0 Å². The normalized spacial score (nSPS) is 11.6. The van der Waals surface area contributed by atoms with Gasteiger partial charge in [0.05, 0.1) is 5.56 Å². The standard InChI is InChI=1S/C13H15F3O2/c1-18-9-5-4-8-12(17)10-6-2-3-7-11(10)13(14,15)16/h2-3,6-7H,4-5,8-9H2,1H3. The van der Waals surface area contributed by atoms with Crippen molar-refractivity contribution in [3.8, 4) is 0 Å². The van der Waals surface area contributed by atoms with E-state index in [4.69, 9.17) is 4.74 Å². The molecule has 0 saturated carbocycles. The highest BCUT2D eigenvalue weighted by molar-refractivity contribution is 5.97. The number of hydrogen-bond donors (Lipinski definition) is 0. The minimum atomic E-state index is -4.49. The number of Topliss-reactive ketones (excluding diaryl/α,β-unsaturated/α-hetero) is 1. The maximum atomic E-state index is 12.7. The SMILES string of the molecule is COCCCCC(=O)c1ccccc1C(F)(F)F. The molecule has 1 aromatic rings. The summed E-state index contributed by atoms with van der Waals surface area (Å²) in [7, 11) is 1.54. The smallest absolute Gasteiger partial charge is 0.385 e. The molecule has 0 unspecified atom stereocenters. The second kappa shape index (κ2) is 6.54. The summed E-state index contributed by atoms with van der Waals surface area (Å²) >= 11 is 0. The van der Waals surface area contributed by atoms with Crippen molar-refractivity contribution >= 4 is 5.78 Å². The van der Waals surface area contributed by atoms with Gasteiger partial charge in [0.25, 0.3) is 0 Å². The van der Waals surface area contributed by atoms with Gasteiger partial charge in [-0.3, -0.25) is 4.79 Å². The number of alkyl halides is 3. The van der Waals surface area contributed by atoms with Gasteiger partial charge < -0.3 is 4.74 Å². The quantitative estimate of drug-likeness (QED) is 0.575. The number of benzene rings is 1. The molecular weight excluding hydrogens is 245 g/mol. The summed E-state index contributed by atoms with van der Waals surface area (Å²) < 4.78 is 42.9. The molecule has 0 saturated heterocycles. The maximum absolute atomic E-state index is 12.7. The average molecular weight is 260 g/mol. The van der Waals surface area contributed by atoms with Crippen LogP contribution < -0.4 is 0 Å². The van der Waals surface area contributed by atoms with Crippen molar-refractivity contribution in [3.63, 3.8) is 0 Å². The highest BCUT2D eigenvalue weighted by Crippen LogP contribution is 2.32. The molecule has 2 nitrogen and oxygen atoms in total. The molecule has 0 aliphatic carbocycles. The number of carbonyl (C=O) groups is 1. The molecule has 0 aliphatic rings. The van der Waals surface area contributed by atoms with Crippen LogP contribution in [0.2, 0.25) is 0 Å². The summed E-state index contributed by atoms with van der Waals surface area (Å²) in [6.45, 7) is 0.508. The van der Waals surface area contributed by atoms with Crippen LogP contribution in [0.4, 0.5) is 13.2 Å². The third-order valence-electron chi connectivity index (χ3n) is 2.54. The lowest BCUT2D eigenvalue weighted by atomic mass is 10.00. The Balaban J connectivity index is 2.74. The van der Waals surface area contributed by atoms with Crippen LogP contribution in [0.25, 0.3) is 0 Å². The molecular formula is C13H15F3O2. The number of carbonyl (C=O) groups excluding carboxylic acids is 1. The molecule has 0 fully saturated rings. The Bertz CT molecular complexity index is 399. The lowest BCUT2D eigenvalue weighted by Crippen LogP contribution is -2.13. The highest BCUT2D eigenvalue weighted by atomic mass is 19.4. The zero-order chi connectivity index (χ0) is 13.6. The molecule has 0 spiro atoms. The van der Waals surface area contributed by atoms with Crippen LogP contribution in [0, 0.1) is 0 Å². The minimum absolute atomic E-state index is 0.108. The number of rotatable bonds is 6. The van der Waals surface area contributed by atoms with E-state index < -0.39 is 17.5 Å². The van der Waals surface area contributed by atoms with E-state index in [-0.39, 0.29) is 12.0 Å². The van der Waals surface area contributed by atoms with Gasteiger partial charge in [0.2, 0.25) is 0 Å². The van der Waals surface area contributed by atoms with Crippen molar-refractivity contribution in [1.29, 1.82) is 0 Å². The molecule has 0 aromatic heterocycles. The van der Waals surface area contributed by atoms with Crippen LogP contribution in [-0.2, 0) is 10.9 Å². The van der Waals surface area contributed by atoms with Crippen molar-refractivity contribution in [2.24, 2.45) is 0 Å². The third-order valence-corrected chi connectivity index (χ3v) is 2.54. The predicted molar refractivity (Wildman–Crippen MR) is 61.5 cm³/mol. The third kappa shape index (κ3) is 4.14. The Hall–Kier alpha value is -1.36. The van der Waals surface area contributed by atoms with Crippen molar-refractivity contribution < 1.29 is 22.7 Å². The van der Waals surface area contributed by atoms with Crippen LogP contribution in [0.5, 0.6) is 0 Å². The van der Waals surface area contributed by atoms with Gasteiger partial charge in [-0.25, -0.2) is 0 Å². The van der Waals surface area contributed by atoms with Gasteiger partial charge in [-0.05, 0) is 18.9 Å². The summed E-state index contributed by atoms with van der Waals surface area (Å²) in [5.74, 6) is -0.473. The van der Waals surface area contributed by atoms with Gasteiger partial charge in [0, 0.05) is 25.7 Å². The fourth-order valence-corrected chi connectivity index (χ4v) is 1.64. The van der Waals surface area contributed by atoms with Crippen LogP contribution in [0.15, 0.2) is 24.3 Å². The van der Waals surface area contributed by atoms with E-state index in [0.717, 1.165) is 6.07 Å². The molecule has 5 heteroatoms. The van der Waals surface area contributed by atoms with Crippen LogP contribution in [0.1, 0.15) is 35.2 Å². The first-order valence-corrected chi connectivity index (χ1v) is 5.65. The zero-order valence-corrected chi connectivity index (χ0v) is 10.1. The van der Waals surface area contributed by atoms with E-state index >= 15 is 0 Å². The number of methoxy groups -OCH3 is 1. The van der Waals surface area contributed by atoms with E-state index in [2.05, 4.69) is 0 Å². The van der Waals surface area contributed by atoms with Gasteiger partial charge in [0.15, 0.2) is 5.78 Å². The van der Waals surface area contributed by atoms with E-state index in [9.17, 15) is 18.0 Å². The highest BCUT2D eigenvalue weighted by Gasteiger charge is 2.34. The first kappa shape index (κ1) is 14.7. The Labute approximate surface area is 104 Å². The molecule has 0 aliphatic heterocycles. The molecule has 18 heavy (non-hydrogen) atoms. The fraction of sp³-hybridized carbons (Fsp3) is 0.462. The molecule has 100 valence electrons. The van der Waals surface area contributed by atoms with Gasteiger partial charge in [-0.1, -0.05) is 18.2 Å². The summed E-state index contributed by atoms with van der Waals surface area (Å²) in [4.78, 5) is 11.7. The second-order valence-electron chi connectivity index (χ2n) is 3.92. The minimum Gasteiger partial charge on any atom is -0.385 e. The van der Waals surface area contributed by atoms with E-state index in [0.29, 0.717) is 19.4 Å². The Kier molecular flexibility index (Phi) is 5.34. The second-order valence-corrected chi connectivity index (χ2v) is 3.92. The fourth-order valence-electron chi connectivity index (χ4n) is 1.64. The Morgan fingerprint density at radius 1 is 1.22 bits per heavy atom. The molecule has 1 aromatic carbocycles. The molecule has 1 rings (SSSR count). The van der Waals surface area contributed by atoms with E-state index in [1.54, 1.807) is 7.11 Å². The first-order valence-electron chi connectivity index (χ1n) is 5.65. The van der Waals surface area contributed by atoms with Crippen LogP contribution in [-0.4, -0.2) is 19.5 Å². The van der Waals surface area contributed by atoms with Gasteiger partial charge in [0.1, 0.15) is 0 Å². The predicted octanol–water partition coefficient (Wildman–Crippen LogP) is 3.70. The monoisotopic (exact) mass is 260 g/mol. The summed E-state index contributed by atoms with van der Waals surface area (Å²) in [6.07, 6.45) is -3.19. The zero-order valence-electron chi connectivity index (χ0n) is 10.1. The largest absolute Gasteiger partial charge is 0.417 e. The number of ketones is 1.